The summed E-state index contributed by atoms with van der Waals surface area (Å²) in [5, 5.41) is 11.8. The Balaban J connectivity index is 2.12. The molecule has 6 nitrogen and oxygen atoms in total. The number of H-pyrrole nitrogens is 1. The molecule has 0 unspecified atom stereocenters. The first-order valence-corrected chi connectivity index (χ1v) is 6.81. The van der Waals surface area contributed by atoms with E-state index in [1.54, 1.807) is 0 Å². The third-order valence-electron chi connectivity index (χ3n) is 2.73. The molecule has 0 radical (unpaired) electrons. The molecule has 1 N–H and O–H groups in total. The number of aryl methyl sites for hydroxylation is 2. The van der Waals surface area contributed by atoms with Gasteiger partial charge in [-0.05, 0) is 26.1 Å². The lowest BCUT2D eigenvalue weighted by atomic mass is 10.3. The predicted octanol–water partition coefficient (Wildman–Crippen LogP) is 2.87. The van der Waals surface area contributed by atoms with E-state index in [9.17, 15) is 0 Å². The predicted molar refractivity (Wildman–Crippen MR) is 74.5 cm³/mol. The minimum Gasteiger partial charge on any atom is -0.361 e. The molecule has 0 aromatic carbocycles. The Bertz CT molecular complexity index is 794. The van der Waals surface area contributed by atoms with E-state index < -0.39 is 0 Å². The van der Waals surface area contributed by atoms with Crippen molar-refractivity contribution < 1.29 is 4.52 Å². The minimum atomic E-state index is 0.585. The number of thiazole rings is 1. The second kappa shape index (κ2) is 4.39. The van der Waals surface area contributed by atoms with Gasteiger partial charge in [0.25, 0.3) is 0 Å². The van der Waals surface area contributed by atoms with Crippen molar-refractivity contribution in [1.29, 1.82) is 0 Å². The van der Waals surface area contributed by atoms with Gasteiger partial charge in [-0.3, -0.25) is 5.10 Å². The highest BCUT2D eigenvalue weighted by atomic mass is 32.1. The Morgan fingerprint density at radius 3 is 2.79 bits per heavy atom. The highest BCUT2D eigenvalue weighted by Gasteiger charge is 2.17. The fourth-order valence-corrected chi connectivity index (χ4v) is 2.91. The van der Waals surface area contributed by atoms with Crippen LogP contribution in [-0.4, -0.2) is 24.9 Å². The molecule has 3 aromatic heterocycles. The van der Waals surface area contributed by atoms with Gasteiger partial charge >= 0.3 is 0 Å². The van der Waals surface area contributed by atoms with Gasteiger partial charge in [0.2, 0.25) is 0 Å². The summed E-state index contributed by atoms with van der Waals surface area (Å²) in [6.07, 6.45) is 0. The van der Waals surface area contributed by atoms with Crippen LogP contribution >= 0.6 is 23.6 Å². The van der Waals surface area contributed by atoms with Gasteiger partial charge in [0.05, 0.1) is 10.6 Å². The highest BCUT2D eigenvalue weighted by Crippen LogP contribution is 2.33. The van der Waals surface area contributed by atoms with Gasteiger partial charge in [0, 0.05) is 13.1 Å². The molecule has 8 heteroatoms. The smallest absolute Gasteiger partial charge is 0.195 e. The summed E-state index contributed by atoms with van der Waals surface area (Å²) in [6, 6.07) is 1.87. The van der Waals surface area contributed by atoms with Crippen LogP contribution in [0.2, 0.25) is 0 Å². The molecule has 98 valence electrons. The summed E-state index contributed by atoms with van der Waals surface area (Å²) in [6.45, 7) is 3.80. The van der Waals surface area contributed by atoms with Crippen LogP contribution in [0.3, 0.4) is 0 Å². The van der Waals surface area contributed by atoms with Crippen LogP contribution in [0.5, 0.6) is 0 Å². The number of rotatable bonds is 2. The van der Waals surface area contributed by atoms with Crippen molar-refractivity contribution in [1.82, 2.24) is 24.9 Å². The Morgan fingerprint density at radius 1 is 1.42 bits per heavy atom. The fraction of sp³-hybridized carbons (Fsp3) is 0.273. The van der Waals surface area contributed by atoms with Crippen molar-refractivity contribution in [3.63, 3.8) is 0 Å². The molecule has 0 bridgehead atoms. The van der Waals surface area contributed by atoms with E-state index in [-0.39, 0.29) is 0 Å². The molecule has 0 fully saturated rings. The van der Waals surface area contributed by atoms with Crippen molar-refractivity contribution in [3.8, 4) is 21.4 Å². The highest BCUT2D eigenvalue weighted by molar-refractivity contribution is 7.71. The van der Waals surface area contributed by atoms with Crippen molar-refractivity contribution >= 4 is 23.6 Å². The maximum atomic E-state index is 5.12. The molecule has 0 aliphatic heterocycles. The summed E-state index contributed by atoms with van der Waals surface area (Å²) in [5.74, 6) is 1.55. The Labute approximate surface area is 118 Å². The first kappa shape index (κ1) is 12.2. The molecule has 0 atom stereocenters. The number of aromatic nitrogens is 5. The lowest BCUT2D eigenvalue weighted by Crippen LogP contribution is -1.91. The van der Waals surface area contributed by atoms with Crippen molar-refractivity contribution in [2.75, 3.05) is 0 Å². The van der Waals surface area contributed by atoms with Gasteiger partial charge in [-0.1, -0.05) is 5.16 Å². The Morgan fingerprint density at radius 2 is 2.21 bits per heavy atom. The summed E-state index contributed by atoms with van der Waals surface area (Å²) in [4.78, 5) is 5.49. The van der Waals surface area contributed by atoms with Crippen LogP contribution < -0.4 is 0 Å². The number of nitrogens with zero attached hydrogens (tertiary/aromatic N) is 4. The standard InChI is InChI=1S/C11H11N5OS2/c1-5-4-7(15-17-5)10-12-6(2)8(19-10)9-13-14-11(18)16(9)3/h4H,1-3H3,(H,14,18). The van der Waals surface area contributed by atoms with Crippen LogP contribution in [-0.2, 0) is 7.05 Å². The molecule has 0 saturated heterocycles. The van der Waals surface area contributed by atoms with Crippen molar-refractivity contribution in [3.05, 3.63) is 22.3 Å². The molecular formula is C11H11N5OS2. The second-order valence-electron chi connectivity index (χ2n) is 4.17. The van der Waals surface area contributed by atoms with Gasteiger partial charge < -0.3 is 9.09 Å². The summed E-state index contributed by atoms with van der Waals surface area (Å²) < 4.78 is 7.49. The lowest BCUT2D eigenvalue weighted by Gasteiger charge is -1.96. The van der Waals surface area contributed by atoms with Crippen molar-refractivity contribution in [2.45, 2.75) is 13.8 Å². The summed E-state index contributed by atoms with van der Waals surface area (Å²) in [5.41, 5.74) is 1.64. The zero-order valence-corrected chi connectivity index (χ0v) is 12.2. The molecule has 0 aliphatic carbocycles. The number of nitrogens with one attached hydrogen (secondary N) is 1. The fourth-order valence-electron chi connectivity index (χ4n) is 1.73. The van der Waals surface area contributed by atoms with Gasteiger partial charge in [-0.15, -0.1) is 11.3 Å². The molecule has 3 heterocycles. The Hall–Kier alpha value is -1.80. The van der Waals surface area contributed by atoms with Crippen LogP contribution in [0, 0.1) is 18.6 Å². The first-order chi connectivity index (χ1) is 9.06. The minimum absolute atomic E-state index is 0.585. The van der Waals surface area contributed by atoms with E-state index in [0.29, 0.717) is 4.77 Å². The Kier molecular flexibility index (Phi) is 2.83. The number of hydrogen-bond acceptors (Lipinski definition) is 6. The van der Waals surface area contributed by atoms with Crippen LogP contribution in [0.15, 0.2) is 10.6 Å². The van der Waals surface area contributed by atoms with Crippen LogP contribution in [0.1, 0.15) is 11.5 Å². The van der Waals surface area contributed by atoms with Crippen LogP contribution in [0.4, 0.5) is 0 Å². The molecule has 19 heavy (non-hydrogen) atoms. The van der Waals surface area contributed by atoms with Gasteiger partial charge in [-0.2, -0.15) is 5.10 Å². The van der Waals surface area contributed by atoms with E-state index in [1.165, 1.54) is 11.3 Å². The molecule has 0 aliphatic rings. The van der Waals surface area contributed by atoms with Crippen molar-refractivity contribution in [2.24, 2.45) is 7.05 Å². The zero-order valence-electron chi connectivity index (χ0n) is 10.6. The first-order valence-electron chi connectivity index (χ1n) is 5.59. The van der Waals surface area contributed by atoms with Gasteiger partial charge in [0.15, 0.2) is 10.6 Å². The summed E-state index contributed by atoms with van der Waals surface area (Å²) in [7, 11) is 1.88. The lowest BCUT2D eigenvalue weighted by molar-refractivity contribution is 0.399. The molecule has 3 aromatic rings. The summed E-state index contributed by atoms with van der Waals surface area (Å²) >= 11 is 6.65. The molecular weight excluding hydrogens is 282 g/mol. The van der Waals surface area contributed by atoms with E-state index in [0.717, 1.165) is 32.9 Å². The SMILES string of the molecule is Cc1cc(-c2nc(C)c(-c3n[nH]c(=S)n3C)s2)no1. The van der Waals surface area contributed by atoms with E-state index >= 15 is 0 Å². The molecule has 0 spiro atoms. The average Bonchev–Trinajstić information content (AvgIpc) is 3.03. The topological polar surface area (TPSA) is 72.5 Å². The molecule has 0 saturated carbocycles. The molecule has 3 rings (SSSR count). The normalized spacial score (nSPS) is 11.1. The average molecular weight is 293 g/mol. The maximum Gasteiger partial charge on any atom is 0.195 e. The van der Waals surface area contributed by atoms with Crippen LogP contribution in [0.25, 0.3) is 21.4 Å². The maximum absolute atomic E-state index is 5.12. The van der Waals surface area contributed by atoms with E-state index in [2.05, 4.69) is 20.3 Å². The monoisotopic (exact) mass is 293 g/mol. The third kappa shape index (κ3) is 2.02. The zero-order chi connectivity index (χ0) is 13.6. The second-order valence-corrected chi connectivity index (χ2v) is 5.55. The number of hydrogen-bond donors (Lipinski definition) is 1. The number of aromatic amines is 1. The largest absolute Gasteiger partial charge is 0.361 e. The third-order valence-corrected chi connectivity index (χ3v) is 4.27. The molecule has 0 amide bonds. The van der Waals surface area contributed by atoms with E-state index in [4.69, 9.17) is 16.7 Å². The van der Waals surface area contributed by atoms with Gasteiger partial charge in [0.1, 0.15) is 16.5 Å². The van der Waals surface area contributed by atoms with E-state index in [1.807, 2.05) is 31.5 Å². The quantitative estimate of drug-likeness (QED) is 0.735. The van der Waals surface area contributed by atoms with Gasteiger partial charge in [-0.25, -0.2) is 4.98 Å².